The Kier molecular flexibility index (Phi) is 7.12. The molecular formula is C19H22Cl2N2O2. The molecule has 2 rings (SSSR count). The zero-order valence-electron chi connectivity index (χ0n) is 14.6. The topological polar surface area (TPSA) is 41.6 Å². The fourth-order valence-electron chi connectivity index (χ4n) is 2.51. The van der Waals surface area contributed by atoms with Gasteiger partial charge in [0, 0.05) is 11.6 Å². The Hall–Kier alpha value is -1.75. The third-order valence-electron chi connectivity index (χ3n) is 3.83. The van der Waals surface area contributed by atoms with Crippen molar-refractivity contribution in [2.24, 2.45) is 0 Å². The third kappa shape index (κ3) is 5.36. The van der Waals surface area contributed by atoms with E-state index in [-0.39, 0.29) is 11.9 Å². The maximum absolute atomic E-state index is 12.4. The molecule has 0 saturated heterocycles. The van der Waals surface area contributed by atoms with Crippen LogP contribution in [0.1, 0.15) is 28.9 Å². The first-order valence-corrected chi connectivity index (χ1v) is 8.80. The van der Waals surface area contributed by atoms with Gasteiger partial charge in [-0.1, -0.05) is 35.3 Å². The van der Waals surface area contributed by atoms with E-state index >= 15 is 0 Å². The summed E-state index contributed by atoms with van der Waals surface area (Å²) in [5.41, 5.74) is 1.51. The predicted octanol–water partition coefficient (Wildman–Crippen LogP) is 4.42. The summed E-state index contributed by atoms with van der Waals surface area (Å²) in [4.78, 5) is 14.5. The number of ether oxygens (including phenoxy) is 1. The second-order valence-corrected chi connectivity index (χ2v) is 6.66. The normalized spacial score (nSPS) is 12.1. The molecule has 2 aromatic carbocycles. The molecule has 0 aromatic heterocycles. The van der Waals surface area contributed by atoms with Gasteiger partial charge in [0.1, 0.15) is 5.75 Å². The minimum atomic E-state index is -0.223. The van der Waals surface area contributed by atoms with Crippen LogP contribution in [0.2, 0.25) is 10.0 Å². The zero-order valence-corrected chi connectivity index (χ0v) is 16.1. The van der Waals surface area contributed by atoms with Crippen molar-refractivity contribution < 1.29 is 9.53 Å². The van der Waals surface area contributed by atoms with Gasteiger partial charge in [-0.15, -0.1) is 0 Å². The summed E-state index contributed by atoms with van der Waals surface area (Å²) in [7, 11) is 3.95. The van der Waals surface area contributed by atoms with Gasteiger partial charge in [0.05, 0.1) is 23.2 Å². The van der Waals surface area contributed by atoms with Crippen LogP contribution >= 0.6 is 23.2 Å². The highest BCUT2D eigenvalue weighted by molar-refractivity contribution is 6.36. The predicted molar refractivity (Wildman–Crippen MR) is 103 cm³/mol. The minimum absolute atomic E-state index is 0.0331. The number of likely N-dealkylation sites (N-methyl/N-ethyl adjacent to an activating group) is 1. The monoisotopic (exact) mass is 380 g/mol. The summed E-state index contributed by atoms with van der Waals surface area (Å²) in [6.45, 7) is 3.04. The highest BCUT2D eigenvalue weighted by Crippen LogP contribution is 2.23. The van der Waals surface area contributed by atoms with E-state index in [0.717, 1.165) is 11.3 Å². The maximum Gasteiger partial charge on any atom is 0.252 e. The molecule has 25 heavy (non-hydrogen) atoms. The van der Waals surface area contributed by atoms with Gasteiger partial charge in [-0.25, -0.2) is 0 Å². The molecule has 0 aliphatic heterocycles. The van der Waals surface area contributed by atoms with Crippen molar-refractivity contribution in [1.82, 2.24) is 10.2 Å². The second kappa shape index (κ2) is 9.09. The van der Waals surface area contributed by atoms with Crippen molar-refractivity contribution in [3.63, 3.8) is 0 Å². The van der Waals surface area contributed by atoms with E-state index in [1.54, 1.807) is 18.2 Å². The Bertz CT molecular complexity index is 718. The van der Waals surface area contributed by atoms with Gasteiger partial charge in [-0.05, 0) is 56.9 Å². The zero-order chi connectivity index (χ0) is 18.4. The lowest BCUT2D eigenvalue weighted by atomic mass is 10.1. The number of nitrogens with zero attached hydrogens (tertiary/aromatic N) is 1. The smallest absolute Gasteiger partial charge is 0.252 e. The molecule has 1 amide bonds. The van der Waals surface area contributed by atoms with Crippen molar-refractivity contribution in [2.45, 2.75) is 13.0 Å². The molecule has 0 radical (unpaired) electrons. The van der Waals surface area contributed by atoms with E-state index in [1.165, 1.54) is 0 Å². The Balaban J connectivity index is 2.07. The molecule has 2 aromatic rings. The van der Waals surface area contributed by atoms with Crippen molar-refractivity contribution in [3.8, 4) is 5.75 Å². The van der Waals surface area contributed by atoms with Crippen molar-refractivity contribution in [3.05, 3.63) is 63.6 Å². The number of benzene rings is 2. The number of nitrogens with one attached hydrogen (secondary N) is 1. The first-order valence-electron chi connectivity index (χ1n) is 8.04. The molecule has 6 heteroatoms. The second-order valence-electron chi connectivity index (χ2n) is 5.82. The van der Waals surface area contributed by atoms with Crippen LogP contribution in [-0.4, -0.2) is 38.1 Å². The molecule has 4 nitrogen and oxygen atoms in total. The summed E-state index contributed by atoms with van der Waals surface area (Å²) < 4.78 is 5.47. The fourth-order valence-corrected chi connectivity index (χ4v) is 3.00. The molecule has 1 unspecified atom stereocenters. The van der Waals surface area contributed by atoms with E-state index in [2.05, 4.69) is 10.2 Å². The van der Waals surface area contributed by atoms with E-state index in [4.69, 9.17) is 27.9 Å². The number of hydrogen-bond donors (Lipinski definition) is 1. The first-order chi connectivity index (χ1) is 11.9. The lowest BCUT2D eigenvalue weighted by Crippen LogP contribution is -2.34. The maximum atomic E-state index is 12.4. The van der Waals surface area contributed by atoms with Crippen LogP contribution in [-0.2, 0) is 0 Å². The minimum Gasteiger partial charge on any atom is -0.494 e. The highest BCUT2D eigenvalue weighted by atomic mass is 35.5. The van der Waals surface area contributed by atoms with Crippen LogP contribution in [0.3, 0.4) is 0 Å². The average Bonchev–Trinajstić information content (AvgIpc) is 2.56. The Labute approximate surface area is 158 Å². The van der Waals surface area contributed by atoms with Crippen LogP contribution in [0.25, 0.3) is 0 Å². The van der Waals surface area contributed by atoms with Gasteiger partial charge in [0.2, 0.25) is 0 Å². The molecular weight excluding hydrogens is 359 g/mol. The number of carbonyl (C=O) groups excluding carboxylic acids is 1. The van der Waals surface area contributed by atoms with Gasteiger partial charge in [0.25, 0.3) is 5.91 Å². The van der Waals surface area contributed by atoms with E-state index in [9.17, 15) is 4.79 Å². The van der Waals surface area contributed by atoms with E-state index in [0.29, 0.717) is 28.8 Å². The molecule has 0 aliphatic rings. The molecule has 0 saturated carbocycles. The molecule has 0 aliphatic carbocycles. The standard InChI is InChI=1S/C19H22Cl2N2O2/c1-4-25-15-8-5-13(6-9-15)18(23(2)3)12-22-19(24)16-10-7-14(20)11-17(16)21/h5-11,18H,4,12H2,1-3H3,(H,22,24). The van der Waals surface area contributed by atoms with E-state index in [1.807, 2.05) is 45.3 Å². The number of carbonyl (C=O) groups is 1. The van der Waals surface area contributed by atoms with Crippen LogP contribution in [0, 0.1) is 0 Å². The summed E-state index contributed by atoms with van der Waals surface area (Å²) in [5.74, 6) is 0.611. The summed E-state index contributed by atoms with van der Waals surface area (Å²) in [6.07, 6.45) is 0. The lowest BCUT2D eigenvalue weighted by molar-refractivity contribution is 0.0942. The van der Waals surface area contributed by atoms with Crippen LogP contribution in [0.15, 0.2) is 42.5 Å². The molecule has 0 bridgehead atoms. The number of amides is 1. The Morgan fingerprint density at radius 2 is 1.84 bits per heavy atom. The van der Waals surface area contributed by atoms with Crippen LogP contribution in [0.4, 0.5) is 0 Å². The third-order valence-corrected chi connectivity index (χ3v) is 4.38. The van der Waals surface area contributed by atoms with Gasteiger partial charge in [-0.2, -0.15) is 0 Å². The van der Waals surface area contributed by atoms with Gasteiger partial charge >= 0.3 is 0 Å². The summed E-state index contributed by atoms with van der Waals surface area (Å²) in [5, 5.41) is 3.78. The molecule has 1 N–H and O–H groups in total. The molecule has 0 fully saturated rings. The average molecular weight is 381 g/mol. The largest absolute Gasteiger partial charge is 0.494 e. The Morgan fingerprint density at radius 3 is 2.40 bits per heavy atom. The summed E-state index contributed by atoms with van der Waals surface area (Å²) in [6, 6.07) is 12.8. The van der Waals surface area contributed by atoms with Gasteiger partial charge in [-0.3, -0.25) is 4.79 Å². The van der Waals surface area contributed by atoms with Crippen molar-refractivity contribution in [2.75, 3.05) is 27.2 Å². The van der Waals surface area contributed by atoms with Crippen LogP contribution in [0.5, 0.6) is 5.75 Å². The molecule has 0 heterocycles. The van der Waals surface area contributed by atoms with Crippen molar-refractivity contribution in [1.29, 1.82) is 0 Å². The Morgan fingerprint density at radius 1 is 1.16 bits per heavy atom. The SMILES string of the molecule is CCOc1ccc(C(CNC(=O)c2ccc(Cl)cc2Cl)N(C)C)cc1. The summed E-state index contributed by atoms with van der Waals surface area (Å²) >= 11 is 12.0. The van der Waals surface area contributed by atoms with Crippen molar-refractivity contribution >= 4 is 29.1 Å². The van der Waals surface area contributed by atoms with Gasteiger partial charge < -0.3 is 15.0 Å². The molecule has 1 atom stereocenters. The molecule has 134 valence electrons. The first kappa shape index (κ1) is 19.6. The fraction of sp³-hybridized carbons (Fsp3) is 0.316. The lowest BCUT2D eigenvalue weighted by Gasteiger charge is -2.25. The highest BCUT2D eigenvalue weighted by Gasteiger charge is 2.17. The van der Waals surface area contributed by atoms with E-state index < -0.39 is 0 Å². The number of rotatable bonds is 7. The number of hydrogen-bond acceptors (Lipinski definition) is 3. The van der Waals surface area contributed by atoms with Gasteiger partial charge in [0.15, 0.2) is 0 Å². The quantitative estimate of drug-likeness (QED) is 0.772. The number of halogens is 2. The molecule has 0 spiro atoms. The van der Waals surface area contributed by atoms with Crippen LogP contribution < -0.4 is 10.1 Å².